The maximum absolute atomic E-state index is 5.75. The van der Waals surface area contributed by atoms with Crippen LogP contribution in [-0.2, 0) is 15.9 Å². The summed E-state index contributed by atoms with van der Waals surface area (Å²) < 4.78 is 11.5. The summed E-state index contributed by atoms with van der Waals surface area (Å²) in [5.41, 5.74) is 5.70. The van der Waals surface area contributed by atoms with Crippen molar-refractivity contribution in [1.29, 1.82) is 0 Å². The molecule has 0 bridgehead atoms. The van der Waals surface area contributed by atoms with Gasteiger partial charge in [0.25, 0.3) is 0 Å². The maximum atomic E-state index is 5.75. The molecule has 2 nitrogen and oxygen atoms in total. The van der Waals surface area contributed by atoms with Crippen LogP contribution in [0.5, 0.6) is 0 Å². The van der Waals surface area contributed by atoms with Crippen molar-refractivity contribution >= 4 is 0 Å². The van der Waals surface area contributed by atoms with Crippen molar-refractivity contribution in [3.8, 4) is 11.1 Å². The van der Waals surface area contributed by atoms with Crippen LogP contribution < -0.4 is 0 Å². The van der Waals surface area contributed by atoms with E-state index in [1.807, 2.05) is 0 Å². The molecule has 2 aliphatic carbocycles. The van der Waals surface area contributed by atoms with Crippen LogP contribution in [0.25, 0.3) is 11.1 Å². The van der Waals surface area contributed by atoms with Gasteiger partial charge < -0.3 is 9.47 Å². The lowest BCUT2D eigenvalue weighted by atomic mass is 9.68. The molecular formula is C33H46O2. The van der Waals surface area contributed by atoms with E-state index in [9.17, 15) is 0 Å². The molecule has 2 aromatic carbocycles. The van der Waals surface area contributed by atoms with E-state index < -0.39 is 0 Å². The monoisotopic (exact) mass is 474 g/mol. The third-order valence-electron chi connectivity index (χ3n) is 9.24. The van der Waals surface area contributed by atoms with Gasteiger partial charge in [0, 0.05) is 0 Å². The van der Waals surface area contributed by atoms with Gasteiger partial charge in [0.15, 0.2) is 6.29 Å². The van der Waals surface area contributed by atoms with Crippen molar-refractivity contribution in [2.45, 2.75) is 103 Å². The lowest BCUT2D eigenvalue weighted by Gasteiger charge is -2.38. The Balaban J connectivity index is 1.05. The van der Waals surface area contributed by atoms with Crippen molar-refractivity contribution in [1.82, 2.24) is 0 Å². The first-order valence-corrected chi connectivity index (χ1v) is 14.7. The van der Waals surface area contributed by atoms with Crippen LogP contribution in [0.3, 0.4) is 0 Å². The molecule has 0 unspecified atom stereocenters. The molecule has 1 aliphatic heterocycles. The Labute approximate surface area is 213 Å². The molecule has 0 atom stereocenters. The van der Waals surface area contributed by atoms with Gasteiger partial charge in [0.05, 0.1) is 13.2 Å². The molecule has 2 heteroatoms. The van der Waals surface area contributed by atoms with Gasteiger partial charge >= 0.3 is 0 Å². The molecule has 0 N–H and O–H groups in total. The van der Waals surface area contributed by atoms with E-state index in [2.05, 4.69) is 55.5 Å². The van der Waals surface area contributed by atoms with E-state index >= 15 is 0 Å². The normalized spacial score (nSPS) is 28.1. The van der Waals surface area contributed by atoms with Crippen LogP contribution in [-0.4, -0.2) is 19.5 Å². The highest BCUT2D eigenvalue weighted by molar-refractivity contribution is 5.64. The summed E-state index contributed by atoms with van der Waals surface area (Å²) in [4.78, 5) is 0. The quantitative estimate of drug-likeness (QED) is 0.380. The molecule has 3 aliphatic rings. The Kier molecular flexibility index (Phi) is 8.97. The van der Waals surface area contributed by atoms with E-state index in [1.165, 1.54) is 87.3 Å². The molecule has 0 radical (unpaired) electrons. The average molecular weight is 475 g/mol. The third-order valence-corrected chi connectivity index (χ3v) is 9.24. The summed E-state index contributed by atoms with van der Waals surface area (Å²) in [5, 5.41) is 0. The number of hydrogen-bond acceptors (Lipinski definition) is 2. The molecule has 190 valence electrons. The summed E-state index contributed by atoms with van der Waals surface area (Å²) in [6.07, 6.45) is 17.3. The number of rotatable bonds is 8. The van der Waals surface area contributed by atoms with Gasteiger partial charge in [0.2, 0.25) is 0 Å². The van der Waals surface area contributed by atoms with Crippen molar-refractivity contribution < 1.29 is 9.47 Å². The first-order chi connectivity index (χ1) is 17.3. The SMILES string of the molecule is CCCc1ccc(-c2ccc(C3CCC(C4CCC(CCC5OCCCO5)CC4)CC3)cc2)cc1. The van der Waals surface area contributed by atoms with Crippen LogP contribution in [0.2, 0.25) is 0 Å². The van der Waals surface area contributed by atoms with Crippen molar-refractivity contribution in [2.24, 2.45) is 17.8 Å². The number of aryl methyl sites for hydroxylation is 1. The van der Waals surface area contributed by atoms with Crippen LogP contribution in [0.15, 0.2) is 48.5 Å². The highest BCUT2D eigenvalue weighted by Crippen LogP contribution is 2.44. The summed E-state index contributed by atoms with van der Waals surface area (Å²) >= 11 is 0. The zero-order chi connectivity index (χ0) is 23.9. The molecule has 35 heavy (non-hydrogen) atoms. The van der Waals surface area contributed by atoms with E-state index in [1.54, 1.807) is 5.56 Å². The summed E-state index contributed by atoms with van der Waals surface area (Å²) in [7, 11) is 0. The Bertz CT molecular complexity index is 864. The highest BCUT2D eigenvalue weighted by Gasteiger charge is 2.31. The highest BCUT2D eigenvalue weighted by atomic mass is 16.7. The van der Waals surface area contributed by atoms with Gasteiger partial charge in [-0.2, -0.15) is 0 Å². The second kappa shape index (κ2) is 12.5. The second-order valence-corrected chi connectivity index (χ2v) is 11.6. The first kappa shape index (κ1) is 25.0. The van der Waals surface area contributed by atoms with Crippen molar-refractivity contribution in [3.63, 3.8) is 0 Å². The molecule has 0 aromatic heterocycles. The standard InChI is InChI=1S/C33H46O2/c1-2-4-25-5-10-27(11-6-25)29-14-18-31(19-15-29)32-20-16-30(17-21-32)28-12-7-26(8-13-28)9-22-33-34-23-3-24-35-33/h5-6,10-11,14-15,18-19,26,28,30,32-33H,2-4,7-9,12-13,16-17,20-24H2,1H3. The molecule has 1 heterocycles. The molecule has 2 saturated carbocycles. The average Bonchev–Trinajstić information content (AvgIpc) is 2.94. The van der Waals surface area contributed by atoms with Crippen LogP contribution in [0, 0.1) is 17.8 Å². The van der Waals surface area contributed by atoms with E-state index in [-0.39, 0.29) is 6.29 Å². The molecule has 0 spiro atoms. The van der Waals surface area contributed by atoms with Gasteiger partial charge in [-0.3, -0.25) is 0 Å². The number of ether oxygens (including phenoxy) is 2. The topological polar surface area (TPSA) is 18.5 Å². The van der Waals surface area contributed by atoms with E-state index in [0.717, 1.165) is 49.7 Å². The fourth-order valence-electron chi connectivity index (χ4n) is 7.05. The lowest BCUT2D eigenvalue weighted by Crippen LogP contribution is -2.27. The largest absolute Gasteiger partial charge is 0.353 e. The molecule has 1 saturated heterocycles. The molecule has 5 rings (SSSR count). The lowest BCUT2D eigenvalue weighted by molar-refractivity contribution is -0.183. The zero-order valence-corrected chi connectivity index (χ0v) is 21.9. The minimum Gasteiger partial charge on any atom is -0.353 e. The van der Waals surface area contributed by atoms with Gasteiger partial charge in [0.1, 0.15) is 0 Å². The van der Waals surface area contributed by atoms with E-state index in [0.29, 0.717) is 0 Å². The first-order valence-electron chi connectivity index (χ1n) is 14.7. The predicted octanol–water partition coefficient (Wildman–Crippen LogP) is 8.93. The molecule has 3 fully saturated rings. The smallest absolute Gasteiger partial charge is 0.157 e. The Morgan fingerprint density at radius 3 is 1.83 bits per heavy atom. The summed E-state index contributed by atoms with van der Waals surface area (Å²) in [5.74, 6) is 3.61. The van der Waals surface area contributed by atoms with Gasteiger partial charge in [-0.15, -0.1) is 0 Å². The Morgan fingerprint density at radius 2 is 1.23 bits per heavy atom. The third kappa shape index (κ3) is 6.77. The van der Waals surface area contributed by atoms with Crippen LogP contribution in [0.4, 0.5) is 0 Å². The van der Waals surface area contributed by atoms with Gasteiger partial charge in [-0.25, -0.2) is 0 Å². The fraction of sp³-hybridized carbons (Fsp3) is 0.636. The van der Waals surface area contributed by atoms with Crippen LogP contribution >= 0.6 is 0 Å². The van der Waals surface area contributed by atoms with Gasteiger partial charge in [-0.1, -0.05) is 74.7 Å². The Hall–Kier alpha value is -1.64. The van der Waals surface area contributed by atoms with Crippen molar-refractivity contribution in [2.75, 3.05) is 13.2 Å². The molecule has 0 amide bonds. The van der Waals surface area contributed by atoms with Crippen molar-refractivity contribution in [3.05, 3.63) is 59.7 Å². The molecular weight excluding hydrogens is 428 g/mol. The maximum Gasteiger partial charge on any atom is 0.157 e. The minimum atomic E-state index is 0.0807. The second-order valence-electron chi connectivity index (χ2n) is 11.6. The number of benzene rings is 2. The van der Waals surface area contributed by atoms with Crippen LogP contribution in [0.1, 0.15) is 101 Å². The predicted molar refractivity (Wildman–Crippen MR) is 146 cm³/mol. The fourth-order valence-corrected chi connectivity index (χ4v) is 7.05. The summed E-state index contributed by atoms with van der Waals surface area (Å²) in [6.45, 7) is 4.02. The van der Waals surface area contributed by atoms with Gasteiger partial charge in [-0.05, 0) is 110 Å². The minimum absolute atomic E-state index is 0.0807. The van der Waals surface area contributed by atoms with E-state index in [4.69, 9.17) is 9.47 Å². The summed E-state index contributed by atoms with van der Waals surface area (Å²) in [6, 6.07) is 18.7. The number of hydrogen-bond donors (Lipinski definition) is 0. The molecule has 2 aromatic rings. The Morgan fingerprint density at radius 1 is 0.657 bits per heavy atom. The zero-order valence-electron chi connectivity index (χ0n) is 21.9.